The van der Waals surface area contributed by atoms with E-state index in [1.54, 1.807) is 30.8 Å². The largest absolute Gasteiger partial charge is 0.352 e. The van der Waals surface area contributed by atoms with E-state index in [0.29, 0.717) is 5.69 Å². The maximum atomic E-state index is 11.6. The lowest BCUT2D eigenvalue weighted by molar-refractivity contribution is -0.117. The molecule has 0 fully saturated rings. The summed E-state index contributed by atoms with van der Waals surface area (Å²) in [6, 6.07) is 6.05. The molecule has 0 bridgehead atoms. The van der Waals surface area contributed by atoms with Crippen molar-refractivity contribution < 1.29 is 9.59 Å². The van der Waals surface area contributed by atoms with Gasteiger partial charge in [-0.05, 0) is 37.4 Å². The van der Waals surface area contributed by atoms with Gasteiger partial charge < -0.3 is 16.4 Å². The Balaban J connectivity index is 2.58. The monoisotopic (exact) mass is 253 g/mol. The van der Waals surface area contributed by atoms with Gasteiger partial charge in [-0.3, -0.25) is 4.79 Å². The van der Waals surface area contributed by atoms with Crippen LogP contribution < -0.4 is 16.4 Å². The van der Waals surface area contributed by atoms with Crippen molar-refractivity contribution >= 4 is 29.4 Å². The number of hydrogen-bond donors (Lipinski definition) is 3. The SMILES string of the molecule is CSc1ccc(NC(=O)[C@H](C)NC(N)=O)cc1. The molecule has 4 N–H and O–H groups in total. The minimum absolute atomic E-state index is 0.305. The van der Waals surface area contributed by atoms with E-state index in [4.69, 9.17) is 5.73 Å². The molecule has 0 aliphatic heterocycles. The molecule has 3 amide bonds. The lowest BCUT2D eigenvalue weighted by atomic mass is 10.2. The number of amides is 3. The van der Waals surface area contributed by atoms with Gasteiger partial charge in [-0.2, -0.15) is 0 Å². The summed E-state index contributed by atoms with van der Waals surface area (Å²) in [5.74, 6) is -0.305. The number of nitrogens with two attached hydrogens (primary N) is 1. The number of thioether (sulfide) groups is 1. The molecule has 1 atom stereocenters. The summed E-state index contributed by atoms with van der Waals surface area (Å²) >= 11 is 1.62. The van der Waals surface area contributed by atoms with E-state index in [9.17, 15) is 9.59 Å². The normalized spacial score (nSPS) is 11.6. The summed E-state index contributed by atoms with van der Waals surface area (Å²) in [5, 5.41) is 4.99. The molecule has 0 aliphatic rings. The number of urea groups is 1. The van der Waals surface area contributed by atoms with Gasteiger partial charge in [0.1, 0.15) is 6.04 Å². The Morgan fingerprint density at radius 2 is 1.88 bits per heavy atom. The molecule has 1 aromatic carbocycles. The molecule has 5 nitrogen and oxygen atoms in total. The standard InChI is InChI=1S/C11H15N3O2S/c1-7(13-11(12)16)10(15)14-8-3-5-9(17-2)6-4-8/h3-7H,1-2H3,(H,14,15)(H3,12,13,16)/t7-/m0/s1. The van der Waals surface area contributed by atoms with Gasteiger partial charge in [-0.25, -0.2) is 4.79 Å². The molecule has 17 heavy (non-hydrogen) atoms. The summed E-state index contributed by atoms with van der Waals surface area (Å²) in [7, 11) is 0. The minimum Gasteiger partial charge on any atom is -0.352 e. The Bertz CT molecular complexity index is 406. The van der Waals surface area contributed by atoms with Crippen molar-refractivity contribution in [3.05, 3.63) is 24.3 Å². The minimum atomic E-state index is -0.717. The fraction of sp³-hybridized carbons (Fsp3) is 0.273. The number of hydrogen-bond acceptors (Lipinski definition) is 3. The van der Waals surface area contributed by atoms with Crippen LogP contribution in [0.2, 0.25) is 0 Å². The number of anilines is 1. The maximum absolute atomic E-state index is 11.6. The van der Waals surface area contributed by atoms with Gasteiger partial charge in [0.25, 0.3) is 0 Å². The second kappa shape index (κ2) is 6.15. The summed E-state index contributed by atoms with van der Waals surface area (Å²) in [6.45, 7) is 1.57. The Hall–Kier alpha value is -1.69. The molecule has 1 rings (SSSR count). The van der Waals surface area contributed by atoms with Gasteiger partial charge in [0.2, 0.25) is 5.91 Å². The van der Waals surface area contributed by atoms with Gasteiger partial charge in [-0.1, -0.05) is 0 Å². The zero-order chi connectivity index (χ0) is 12.8. The second-order valence-electron chi connectivity index (χ2n) is 3.45. The molecular weight excluding hydrogens is 238 g/mol. The van der Waals surface area contributed by atoms with Crippen molar-refractivity contribution in [2.45, 2.75) is 17.9 Å². The number of carbonyl (C=O) groups is 2. The fourth-order valence-corrected chi connectivity index (χ4v) is 1.61. The molecule has 0 spiro atoms. The summed E-state index contributed by atoms with van der Waals surface area (Å²) in [4.78, 5) is 23.3. The van der Waals surface area contributed by atoms with Gasteiger partial charge in [-0.15, -0.1) is 11.8 Å². The fourth-order valence-electron chi connectivity index (χ4n) is 1.20. The Kier molecular flexibility index (Phi) is 4.84. The third-order valence-electron chi connectivity index (χ3n) is 2.11. The smallest absolute Gasteiger partial charge is 0.312 e. The first-order valence-electron chi connectivity index (χ1n) is 5.04. The van der Waals surface area contributed by atoms with E-state index < -0.39 is 12.1 Å². The highest BCUT2D eigenvalue weighted by Crippen LogP contribution is 2.17. The van der Waals surface area contributed by atoms with E-state index >= 15 is 0 Å². The molecule has 0 aromatic heterocycles. The van der Waals surface area contributed by atoms with E-state index in [0.717, 1.165) is 4.90 Å². The highest BCUT2D eigenvalue weighted by atomic mass is 32.2. The zero-order valence-corrected chi connectivity index (χ0v) is 10.5. The molecule has 0 saturated carbocycles. The lowest BCUT2D eigenvalue weighted by Gasteiger charge is -2.12. The van der Waals surface area contributed by atoms with E-state index in [1.807, 2.05) is 18.4 Å². The van der Waals surface area contributed by atoms with Crippen LogP contribution in [0.5, 0.6) is 0 Å². The first-order chi connectivity index (χ1) is 8.02. The van der Waals surface area contributed by atoms with Crippen LogP contribution in [0.3, 0.4) is 0 Å². The van der Waals surface area contributed by atoms with E-state index in [1.165, 1.54) is 0 Å². The van der Waals surface area contributed by atoms with E-state index in [-0.39, 0.29) is 5.91 Å². The summed E-state index contributed by atoms with van der Waals surface area (Å²) in [5.41, 5.74) is 5.62. The molecule has 1 aromatic rings. The second-order valence-corrected chi connectivity index (χ2v) is 4.33. The Morgan fingerprint density at radius 3 is 2.35 bits per heavy atom. The van der Waals surface area contributed by atoms with Crippen LogP contribution in [0.25, 0.3) is 0 Å². The van der Waals surface area contributed by atoms with E-state index in [2.05, 4.69) is 10.6 Å². The number of primary amides is 1. The molecule has 92 valence electrons. The molecular formula is C11H15N3O2S. The first-order valence-corrected chi connectivity index (χ1v) is 6.26. The molecule has 0 aliphatic carbocycles. The quantitative estimate of drug-likeness (QED) is 0.709. The van der Waals surface area contributed by atoms with Gasteiger partial charge in [0.15, 0.2) is 0 Å². The van der Waals surface area contributed by atoms with Crippen molar-refractivity contribution in [2.24, 2.45) is 5.73 Å². The predicted octanol–water partition coefficient (Wildman–Crippen LogP) is 1.40. The lowest BCUT2D eigenvalue weighted by Crippen LogP contribution is -2.44. The van der Waals surface area contributed by atoms with Crippen LogP contribution in [0.1, 0.15) is 6.92 Å². The number of carbonyl (C=O) groups excluding carboxylic acids is 2. The summed E-state index contributed by atoms with van der Waals surface area (Å²) in [6.07, 6.45) is 1.98. The maximum Gasteiger partial charge on any atom is 0.312 e. The van der Waals surface area contributed by atoms with Gasteiger partial charge >= 0.3 is 6.03 Å². The van der Waals surface area contributed by atoms with Gasteiger partial charge in [0, 0.05) is 10.6 Å². The highest BCUT2D eigenvalue weighted by Gasteiger charge is 2.13. The third kappa shape index (κ3) is 4.36. The average molecular weight is 253 g/mol. The van der Waals surface area contributed by atoms with Crippen molar-refractivity contribution in [2.75, 3.05) is 11.6 Å². The zero-order valence-electron chi connectivity index (χ0n) is 9.69. The van der Waals surface area contributed by atoms with Crippen LogP contribution in [0, 0.1) is 0 Å². The van der Waals surface area contributed by atoms with Crippen LogP contribution in [-0.2, 0) is 4.79 Å². The molecule has 6 heteroatoms. The van der Waals surface area contributed by atoms with Crippen molar-refractivity contribution in [1.82, 2.24) is 5.32 Å². The molecule has 0 heterocycles. The molecule has 0 unspecified atom stereocenters. The number of benzene rings is 1. The average Bonchev–Trinajstić information content (AvgIpc) is 2.29. The Labute approximate surface area is 104 Å². The topological polar surface area (TPSA) is 84.2 Å². The molecule has 0 radical (unpaired) electrons. The summed E-state index contributed by atoms with van der Waals surface area (Å²) < 4.78 is 0. The van der Waals surface area contributed by atoms with Crippen LogP contribution in [-0.4, -0.2) is 24.2 Å². The predicted molar refractivity (Wildman–Crippen MR) is 69.0 cm³/mol. The first kappa shape index (κ1) is 13.4. The third-order valence-corrected chi connectivity index (χ3v) is 2.85. The van der Waals surface area contributed by atoms with Crippen molar-refractivity contribution in [1.29, 1.82) is 0 Å². The Morgan fingerprint density at radius 1 is 1.29 bits per heavy atom. The van der Waals surface area contributed by atoms with Crippen LogP contribution in [0.4, 0.5) is 10.5 Å². The highest BCUT2D eigenvalue weighted by molar-refractivity contribution is 7.98. The van der Waals surface area contributed by atoms with Crippen molar-refractivity contribution in [3.63, 3.8) is 0 Å². The van der Waals surface area contributed by atoms with Crippen molar-refractivity contribution in [3.8, 4) is 0 Å². The van der Waals surface area contributed by atoms with Gasteiger partial charge in [0.05, 0.1) is 0 Å². The number of nitrogens with one attached hydrogen (secondary N) is 2. The van der Waals surface area contributed by atoms with Crippen LogP contribution in [0.15, 0.2) is 29.2 Å². The molecule has 0 saturated heterocycles. The number of rotatable bonds is 4. The van der Waals surface area contributed by atoms with Crippen LogP contribution >= 0.6 is 11.8 Å².